The maximum atomic E-state index is 9.67. The van der Waals surface area contributed by atoms with Crippen LogP contribution in [-0.4, -0.2) is 29.5 Å². The van der Waals surface area contributed by atoms with Crippen LogP contribution in [0.25, 0.3) is 0 Å². The first-order valence-electron chi connectivity index (χ1n) is 6.54. The van der Waals surface area contributed by atoms with E-state index in [1.165, 1.54) is 6.07 Å². The Morgan fingerprint density at radius 1 is 1.39 bits per heavy atom. The fraction of sp³-hybridized carbons (Fsp3) is 0.571. The van der Waals surface area contributed by atoms with E-state index in [2.05, 4.69) is 12.2 Å². The normalized spacial score (nSPS) is 23.4. The molecule has 4 nitrogen and oxygen atoms in total. The standard InChI is InChI=1S/C14H21NO3/c1-2-13-10(6-7-18-13)8-15-9-11-4-3-5-12(16)14(11)17/h3-5,10,13,15-17H,2,6-9H2,1H3. The minimum atomic E-state index is -0.0649. The van der Waals surface area contributed by atoms with E-state index in [4.69, 9.17) is 4.74 Å². The molecule has 1 saturated heterocycles. The maximum absolute atomic E-state index is 9.67. The number of phenolic OH excluding ortho intramolecular Hbond substituents is 2. The highest BCUT2D eigenvalue weighted by Gasteiger charge is 2.26. The van der Waals surface area contributed by atoms with Gasteiger partial charge in [0, 0.05) is 25.3 Å². The van der Waals surface area contributed by atoms with Gasteiger partial charge in [-0.1, -0.05) is 19.1 Å². The Bertz CT molecular complexity index is 395. The number of phenols is 2. The molecule has 4 heteroatoms. The van der Waals surface area contributed by atoms with Crippen LogP contribution < -0.4 is 5.32 Å². The van der Waals surface area contributed by atoms with Gasteiger partial charge in [-0.25, -0.2) is 0 Å². The molecule has 0 aromatic heterocycles. The monoisotopic (exact) mass is 251 g/mol. The summed E-state index contributed by atoms with van der Waals surface area (Å²) >= 11 is 0. The van der Waals surface area contributed by atoms with Crippen LogP contribution in [0.4, 0.5) is 0 Å². The van der Waals surface area contributed by atoms with E-state index < -0.39 is 0 Å². The Kier molecular flexibility index (Phi) is 4.44. The second-order valence-corrected chi connectivity index (χ2v) is 4.78. The average molecular weight is 251 g/mol. The summed E-state index contributed by atoms with van der Waals surface area (Å²) in [4.78, 5) is 0. The Balaban J connectivity index is 1.83. The number of hydrogen-bond donors (Lipinski definition) is 3. The fourth-order valence-electron chi connectivity index (χ4n) is 2.49. The van der Waals surface area contributed by atoms with E-state index in [1.807, 2.05) is 6.07 Å². The summed E-state index contributed by atoms with van der Waals surface area (Å²) in [7, 11) is 0. The average Bonchev–Trinajstić information content (AvgIpc) is 2.82. The molecule has 2 unspecified atom stereocenters. The number of para-hydroxylation sites is 1. The first-order valence-corrected chi connectivity index (χ1v) is 6.54. The molecular weight excluding hydrogens is 230 g/mol. The molecule has 1 aliphatic rings. The quantitative estimate of drug-likeness (QED) is 0.700. The Labute approximate surface area is 108 Å². The van der Waals surface area contributed by atoms with Crippen molar-refractivity contribution < 1.29 is 14.9 Å². The summed E-state index contributed by atoms with van der Waals surface area (Å²) in [6.45, 7) is 4.44. The van der Waals surface area contributed by atoms with Gasteiger partial charge in [0.05, 0.1) is 6.10 Å². The van der Waals surface area contributed by atoms with Crippen molar-refractivity contribution in [3.05, 3.63) is 23.8 Å². The van der Waals surface area contributed by atoms with Gasteiger partial charge in [0.1, 0.15) is 0 Å². The summed E-state index contributed by atoms with van der Waals surface area (Å²) in [5.74, 6) is 0.457. The van der Waals surface area contributed by atoms with Gasteiger partial charge in [-0.3, -0.25) is 0 Å². The molecule has 0 aliphatic carbocycles. The number of benzene rings is 1. The van der Waals surface area contributed by atoms with Gasteiger partial charge in [-0.05, 0) is 24.8 Å². The lowest BCUT2D eigenvalue weighted by atomic mass is 9.99. The molecule has 0 amide bonds. The van der Waals surface area contributed by atoms with Crippen molar-refractivity contribution >= 4 is 0 Å². The molecule has 1 aromatic carbocycles. The molecular formula is C14H21NO3. The number of aromatic hydroxyl groups is 2. The Hall–Kier alpha value is -1.26. The molecule has 0 bridgehead atoms. The molecule has 1 aromatic rings. The summed E-state index contributed by atoms with van der Waals surface area (Å²) in [5.41, 5.74) is 0.724. The topological polar surface area (TPSA) is 61.7 Å². The minimum absolute atomic E-state index is 0.0280. The largest absolute Gasteiger partial charge is 0.504 e. The van der Waals surface area contributed by atoms with Gasteiger partial charge in [0.2, 0.25) is 0 Å². The summed E-state index contributed by atoms with van der Waals surface area (Å²) in [5, 5.41) is 22.4. The van der Waals surface area contributed by atoms with Gasteiger partial charge >= 0.3 is 0 Å². The molecule has 18 heavy (non-hydrogen) atoms. The third kappa shape index (κ3) is 2.94. The molecule has 0 radical (unpaired) electrons. The van der Waals surface area contributed by atoms with E-state index in [0.717, 1.165) is 31.6 Å². The second-order valence-electron chi connectivity index (χ2n) is 4.78. The number of ether oxygens (including phenoxy) is 1. The number of rotatable bonds is 5. The van der Waals surface area contributed by atoms with Crippen molar-refractivity contribution in [3.8, 4) is 11.5 Å². The maximum Gasteiger partial charge on any atom is 0.161 e. The van der Waals surface area contributed by atoms with E-state index in [9.17, 15) is 10.2 Å². The van der Waals surface area contributed by atoms with E-state index in [1.54, 1.807) is 6.07 Å². The predicted octanol–water partition coefficient (Wildman–Crippen LogP) is 2.00. The number of hydrogen-bond acceptors (Lipinski definition) is 4. The summed E-state index contributed by atoms with van der Waals surface area (Å²) in [6, 6.07) is 5.03. The molecule has 3 N–H and O–H groups in total. The van der Waals surface area contributed by atoms with Crippen LogP contribution in [0, 0.1) is 5.92 Å². The summed E-state index contributed by atoms with van der Waals surface area (Å²) in [6.07, 6.45) is 2.50. The van der Waals surface area contributed by atoms with E-state index >= 15 is 0 Å². The van der Waals surface area contributed by atoms with E-state index in [0.29, 0.717) is 18.6 Å². The lowest BCUT2D eigenvalue weighted by Gasteiger charge is -2.17. The molecule has 1 aliphatic heterocycles. The van der Waals surface area contributed by atoms with Crippen molar-refractivity contribution in [2.75, 3.05) is 13.2 Å². The highest BCUT2D eigenvalue weighted by Crippen LogP contribution is 2.28. The van der Waals surface area contributed by atoms with Gasteiger partial charge in [0.25, 0.3) is 0 Å². The second kappa shape index (κ2) is 6.07. The minimum Gasteiger partial charge on any atom is -0.504 e. The third-order valence-electron chi connectivity index (χ3n) is 3.57. The highest BCUT2D eigenvalue weighted by molar-refractivity contribution is 5.44. The predicted molar refractivity (Wildman–Crippen MR) is 69.6 cm³/mol. The lowest BCUT2D eigenvalue weighted by molar-refractivity contribution is 0.0872. The van der Waals surface area contributed by atoms with Crippen LogP contribution in [0.5, 0.6) is 11.5 Å². The molecule has 1 heterocycles. The SMILES string of the molecule is CCC1OCCC1CNCc1cccc(O)c1O. The molecule has 2 rings (SSSR count). The van der Waals surface area contributed by atoms with Gasteiger partial charge < -0.3 is 20.3 Å². The van der Waals surface area contributed by atoms with Gasteiger partial charge in [0.15, 0.2) is 11.5 Å². The van der Waals surface area contributed by atoms with Crippen molar-refractivity contribution in [1.29, 1.82) is 0 Å². The van der Waals surface area contributed by atoms with Crippen LogP contribution in [0.2, 0.25) is 0 Å². The highest BCUT2D eigenvalue weighted by atomic mass is 16.5. The smallest absolute Gasteiger partial charge is 0.161 e. The number of nitrogens with one attached hydrogen (secondary N) is 1. The molecule has 2 atom stereocenters. The Morgan fingerprint density at radius 3 is 3.00 bits per heavy atom. The van der Waals surface area contributed by atoms with Crippen molar-refractivity contribution in [3.63, 3.8) is 0 Å². The van der Waals surface area contributed by atoms with Crippen molar-refractivity contribution in [1.82, 2.24) is 5.32 Å². The van der Waals surface area contributed by atoms with Crippen molar-refractivity contribution in [2.24, 2.45) is 5.92 Å². The first-order chi connectivity index (χ1) is 8.72. The lowest BCUT2D eigenvalue weighted by Crippen LogP contribution is -2.27. The summed E-state index contributed by atoms with van der Waals surface area (Å²) < 4.78 is 5.63. The third-order valence-corrected chi connectivity index (χ3v) is 3.57. The molecule has 0 spiro atoms. The first kappa shape index (κ1) is 13.2. The van der Waals surface area contributed by atoms with Crippen LogP contribution >= 0.6 is 0 Å². The van der Waals surface area contributed by atoms with Crippen molar-refractivity contribution in [2.45, 2.75) is 32.4 Å². The zero-order chi connectivity index (χ0) is 13.0. The van der Waals surface area contributed by atoms with Gasteiger partial charge in [-0.2, -0.15) is 0 Å². The van der Waals surface area contributed by atoms with E-state index in [-0.39, 0.29) is 11.5 Å². The zero-order valence-electron chi connectivity index (χ0n) is 10.7. The fourth-order valence-corrected chi connectivity index (χ4v) is 2.49. The molecule has 100 valence electrons. The van der Waals surface area contributed by atoms with Gasteiger partial charge in [-0.15, -0.1) is 0 Å². The van der Waals surface area contributed by atoms with Crippen LogP contribution in [0.3, 0.4) is 0 Å². The zero-order valence-corrected chi connectivity index (χ0v) is 10.7. The van der Waals surface area contributed by atoms with Crippen LogP contribution in [0.1, 0.15) is 25.3 Å². The molecule has 1 fully saturated rings. The Morgan fingerprint density at radius 2 is 2.22 bits per heavy atom. The van der Waals surface area contributed by atoms with Crippen LogP contribution in [-0.2, 0) is 11.3 Å². The van der Waals surface area contributed by atoms with Crippen LogP contribution in [0.15, 0.2) is 18.2 Å². The molecule has 0 saturated carbocycles.